The van der Waals surface area contributed by atoms with Gasteiger partial charge in [0.25, 0.3) is 8.53 Å². The second-order valence-corrected chi connectivity index (χ2v) is 14.6. The second-order valence-electron chi connectivity index (χ2n) is 13.1. The maximum atomic E-state index is 8.80. The zero-order chi connectivity index (χ0) is 40.3. The van der Waals surface area contributed by atoms with Crippen molar-refractivity contribution in [3.63, 3.8) is 0 Å². The third kappa shape index (κ3) is 16.4. The maximum Gasteiger partial charge on any atom is 0.259 e. The maximum absolute atomic E-state index is 8.80. The predicted molar refractivity (Wildman–Crippen MR) is 218 cm³/mol. The van der Waals surface area contributed by atoms with Gasteiger partial charge < -0.3 is 46.9 Å². The van der Waals surface area contributed by atoms with E-state index in [1.54, 1.807) is 14.2 Å². The fourth-order valence-electron chi connectivity index (χ4n) is 5.92. The van der Waals surface area contributed by atoms with Crippen LogP contribution < -0.4 is 9.47 Å². The molecule has 1 unspecified atom stereocenters. The van der Waals surface area contributed by atoms with E-state index in [2.05, 4.69) is 50.6 Å². The zero-order valence-electron chi connectivity index (χ0n) is 34.2. The summed E-state index contributed by atoms with van der Waals surface area (Å²) in [5, 5.41) is 8.80. The summed E-state index contributed by atoms with van der Waals surface area (Å²) in [5.41, 5.74) is 2.06. The Bertz CT molecular complexity index is 1400. The minimum absolute atomic E-state index is 0.275. The summed E-state index contributed by atoms with van der Waals surface area (Å²) >= 11 is 0. The van der Waals surface area contributed by atoms with Gasteiger partial charge in [0.05, 0.1) is 106 Å². The number of ether oxygens (including phenoxy) is 8. The van der Waals surface area contributed by atoms with Crippen molar-refractivity contribution in [1.82, 2.24) is 4.67 Å². The van der Waals surface area contributed by atoms with Crippen LogP contribution in [-0.4, -0.2) is 117 Å². The minimum Gasteiger partial charge on any atom is -0.497 e. The van der Waals surface area contributed by atoms with Gasteiger partial charge >= 0.3 is 0 Å². The Kier molecular flexibility index (Phi) is 23.8. The van der Waals surface area contributed by atoms with Gasteiger partial charge in [-0.15, -0.1) is 0 Å². The van der Waals surface area contributed by atoms with Gasteiger partial charge in [-0.1, -0.05) is 54.6 Å². The topological polar surface area (TPSA) is 119 Å². The molecule has 0 amide bonds. The van der Waals surface area contributed by atoms with Gasteiger partial charge in [-0.25, -0.2) is 4.67 Å². The van der Waals surface area contributed by atoms with Crippen LogP contribution in [0.25, 0.3) is 0 Å². The molecule has 3 aromatic rings. The lowest BCUT2D eigenvalue weighted by Gasteiger charge is -2.36. The van der Waals surface area contributed by atoms with Crippen LogP contribution in [0.5, 0.6) is 11.5 Å². The van der Waals surface area contributed by atoms with Crippen LogP contribution in [0.2, 0.25) is 0 Å². The van der Waals surface area contributed by atoms with Crippen molar-refractivity contribution in [2.45, 2.75) is 58.2 Å². The lowest BCUT2D eigenvalue weighted by Crippen LogP contribution is -2.34. The summed E-state index contributed by atoms with van der Waals surface area (Å²) in [6, 6.07) is 28.8. The van der Waals surface area contributed by atoms with E-state index in [4.69, 9.17) is 52.2 Å². The molecule has 3 aromatic carbocycles. The monoisotopic (exact) mass is 798 g/mol. The first-order chi connectivity index (χ1) is 27.4. The Morgan fingerprint density at radius 1 is 0.536 bits per heavy atom. The predicted octanol–water partition coefficient (Wildman–Crippen LogP) is 7.78. The highest BCUT2D eigenvalue weighted by molar-refractivity contribution is 7.44. The number of unbranched alkanes of at least 4 members (excludes halogenated alkanes) is 1. The van der Waals surface area contributed by atoms with E-state index in [-0.39, 0.29) is 12.1 Å². The second kappa shape index (κ2) is 28.3. The van der Waals surface area contributed by atoms with Crippen LogP contribution in [0, 0.1) is 11.3 Å². The van der Waals surface area contributed by atoms with Crippen LogP contribution >= 0.6 is 8.53 Å². The Hall–Kier alpha value is -3.18. The highest BCUT2D eigenvalue weighted by Crippen LogP contribution is 2.46. The number of nitrogens with zero attached hydrogens (tertiary/aromatic N) is 2. The van der Waals surface area contributed by atoms with Crippen molar-refractivity contribution in [1.29, 1.82) is 5.26 Å². The average Bonchev–Trinajstić information content (AvgIpc) is 3.22. The van der Waals surface area contributed by atoms with E-state index in [1.165, 1.54) is 0 Å². The SMILES string of the molecule is COc1ccc(C(OCCOCCOCCOCCOCCOCCOP(OCCCC#N)N(C(C)C)C(C)C)(c2ccccc2)c2ccc(OC)cc2)cc1. The molecule has 12 nitrogen and oxygen atoms in total. The summed E-state index contributed by atoms with van der Waals surface area (Å²) < 4.78 is 60.5. The molecular formula is C43H63N2O10P. The van der Waals surface area contributed by atoms with Crippen molar-refractivity contribution in [3.05, 3.63) is 95.6 Å². The van der Waals surface area contributed by atoms with Gasteiger partial charge in [0.2, 0.25) is 0 Å². The summed E-state index contributed by atoms with van der Waals surface area (Å²) in [6.45, 7) is 14.3. The molecule has 3 rings (SSSR count). The molecule has 1 atom stereocenters. The first kappa shape index (κ1) is 47.2. The molecule has 0 N–H and O–H groups in total. The van der Waals surface area contributed by atoms with E-state index in [0.717, 1.165) is 28.2 Å². The lowest BCUT2D eigenvalue weighted by atomic mass is 9.80. The Morgan fingerprint density at radius 3 is 1.34 bits per heavy atom. The molecule has 0 aliphatic carbocycles. The van der Waals surface area contributed by atoms with E-state index < -0.39 is 14.1 Å². The van der Waals surface area contributed by atoms with Crippen molar-refractivity contribution < 1.29 is 46.9 Å². The van der Waals surface area contributed by atoms with Crippen molar-refractivity contribution in [3.8, 4) is 17.6 Å². The fourth-order valence-corrected chi connectivity index (χ4v) is 7.53. The van der Waals surface area contributed by atoms with Crippen LogP contribution in [0.1, 0.15) is 57.2 Å². The molecule has 0 saturated heterocycles. The Balaban J connectivity index is 1.28. The van der Waals surface area contributed by atoms with Gasteiger partial charge in [0, 0.05) is 18.5 Å². The number of hydrogen-bond donors (Lipinski definition) is 0. The molecule has 13 heteroatoms. The number of hydrogen-bond acceptors (Lipinski definition) is 12. The average molecular weight is 799 g/mol. The molecule has 0 saturated carbocycles. The van der Waals surface area contributed by atoms with Gasteiger partial charge in [-0.3, -0.25) is 0 Å². The molecule has 0 aliphatic rings. The molecule has 0 radical (unpaired) electrons. The Morgan fingerprint density at radius 2 is 0.929 bits per heavy atom. The van der Waals surface area contributed by atoms with Crippen LogP contribution in [0.3, 0.4) is 0 Å². The number of rotatable bonds is 32. The van der Waals surface area contributed by atoms with E-state index in [9.17, 15) is 0 Å². The first-order valence-electron chi connectivity index (χ1n) is 19.5. The first-order valence-corrected chi connectivity index (χ1v) is 20.6. The van der Waals surface area contributed by atoms with Crippen molar-refractivity contribution in [2.75, 3.05) is 100 Å². The third-order valence-corrected chi connectivity index (χ3v) is 10.6. The zero-order valence-corrected chi connectivity index (χ0v) is 35.1. The van der Waals surface area contributed by atoms with Crippen molar-refractivity contribution >= 4 is 8.53 Å². The summed E-state index contributed by atoms with van der Waals surface area (Å²) in [5.74, 6) is 1.54. The van der Waals surface area contributed by atoms with Crippen LogP contribution in [0.15, 0.2) is 78.9 Å². The lowest BCUT2D eigenvalue weighted by molar-refractivity contribution is -0.0392. The van der Waals surface area contributed by atoms with E-state index >= 15 is 0 Å². The molecule has 310 valence electrons. The highest BCUT2D eigenvalue weighted by Gasteiger charge is 2.38. The summed E-state index contributed by atoms with van der Waals surface area (Å²) in [4.78, 5) is 0. The number of nitriles is 1. The number of benzene rings is 3. The van der Waals surface area contributed by atoms with E-state index in [0.29, 0.717) is 98.7 Å². The molecular weight excluding hydrogens is 735 g/mol. The normalized spacial score (nSPS) is 12.4. The fraction of sp³-hybridized carbons (Fsp3) is 0.558. The largest absolute Gasteiger partial charge is 0.497 e. The minimum atomic E-state index is -1.23. The molecule has 0 aliphatic heterocycles. The molecule has 0 spiro atoms. The quantitative estimate of drug-likeness (QED) is 0.0349. The molecule has 0 fully saturated rings. The third-order valence-electron chi connectivity index (χ3n) is 8.52. The Labute approximate surface area is 336 Å². The smallest absolute Gasteiger partial charge is 0.259 e. The standard InChI is InChI=1S/C43H63N2O10P/c1-36(2)45(37(3)4)56(54-23-11-10-22-44)55-35-33-52-31-29-50-27-25-48-24-26-49-28-30-51-32-34-53-43(38-12-8-7-9-13-38,39-14-18-41(46-5)19-15-39)40-16-20-42(47-6)21-17-40/h7-9,12-21,36-37H,10-11,23-35H2,1-6H3. The molecule has 56 heavy (non-hydrogen) atoms. The molecule has 0 heterocycles. The molecule has 0 aromatic heterocycles. The van der Waals surface area contributed by atoms with Crippen LogP contribution in [-0.2, 0) is 43.1 Å². The number of methoxy groups -OCH3 is 2. The van der Waals surface area contributed by atoms with Gasteiger partial charge in [-0.05, 0) is 75.1 Å². The van der Waals surface area contributed by atoms with Gasteiger partial charge in [-0.2, -0.15) is 5.26 Å². The summed E-state index contributed by atoms with van der Waals surface area (Å²) in [6.07, 6.45) is 1.16. The van der Waals surface area contributed by atoms with Gasteiger partial charge in [0.15, 0.2) is 0 Å². The van der Waals surface area contributed by atoms with E-state index in [1.807, 2.05) is 66.7 Å². The van der Waals surface area contributed by atoms with Crippen molar-refractivity contribution in [2.24, 2.45) is 0 Å². The highest BCUT2D eigenvalue weighted by atomic mass is 31.2. The molecule has 0 bridgehead atoms. The van der Waals surface area contributed by atoms with Crippen LogP contribution in [0.4, 0.5) is 0 Å². The summed E-state index contributed by atoms with van der Waals surface area (Å²) in [7, 11) is 2.09. The van der Waals surface area contributed by atoms with Gasteiger partial charge in [0.1, 0.15) is 17.1 Å².